The van der Waals surface area contributed by atoms with Crippen molar-refractivity contribution in [2.45, 2.75) is 40.0 Å². The van der Waals surface area contributed by atoms with Crippen LogP contribution in [0.4, 0.5) is 4.39 Å². The fraction of sp³-hybridized carbons (Fsp3) is 0.400. The number of ether oxygens (including phenoxy) is 2. The van der Waals surface area contributed by atoms with Crippen LogP contribution in [0.25, 0.3) is 0 Å². The van der Waals surface area contributed by atoms with E-state index in [2.05, 4.69) is 32.9 Å². The van der Waals surface area contributed by atoms with E-state index in [4.69, 9.17) is 9.47 Å². The summed E-state index contributed by atoms with van der Waals surface area (Å²) < 4.78 is 25.1. The van der Waals surface area contributed by atoms with Crippen LogP contribution >= 0.6 is 8.58 Å². The summed E-state index contributed by atoms with van der Waals surface area (Å²) in [6, 6.07) is 9.67. The van der Waals surface area contributed by atoms with Gasteiger partial charge in [0.05, 0.1) is 0 Å². The molecule has 0 spiro atoms. The van der Waals surface area contributed by atoms with E-state index in [9.17, 15) is 4.39 Å². The minimum Gasteiger partial charge on any atom is -0.467 e. The third kappa shape index (κ3) is 4.55. The third-order valence-electron chi connectivity index (χ3n) is 3.86. The lowest BCUT2D eigenvalue weighted by Crippen LogP contribution is -2.18. The van der Waals surface area contributed by atoms with Crippen LogP contribution in [-0.4, -0.2) is 13.9 Å². The lowest BCUT2D eigenvalue weighted by Gasteiger charge is -2.23. The Kier molecular flexibility index (Phi) is 6.01. The molecule has 2 nitrogen and oxygen atoms in total. The molecule has 2 aromatic carbocycles. The average molecular weight is 348 g/mol. The van der Waals surface area contributed by atoms with E-state index in [1.54, 1.807) is 13.2 Å². The zero-order valence-electron chi connectivity index (χ0n) is 15.3. The molecule has 2 rings (SSSR count). The lowest BCUT2D eigenvalue weighted by molar-refractivity contribution is 0.0514. The number of benzene rings is 2. The number of aryl methyl sites for hydroxylation is 2. The van der Waals surface area contributed by atoms with Crippen LogP contribution < -0.4 is 15.3 Å². The summed E-state index contributed by atoms with van der Waals surface area (Å²) in [6.07, 6.45) is 0. The molecule has 0 aliphatic carbocycles. The maximum absolute atomic E-state index is 14.3. The Morgan fingerprint density at radius 1 is 1.04 bits per heavy atom. The average Bonchev–Trinajstić information content (AvgIpc) is 2.48. The lowest BCUT2D eigenvalue weighted by atomic mass is 9.86. The van der Waals surface area contributed by atoms with E-state index in [0.717, 1.165) is 22.2 Å². The Labute approximate surface area is 146 Å². The van der Waals surface area contributed by atoms with Gasteiger partial charge in [-0.3, -0.25) is 0 Å². The first kappa shape index (κ1) is 18.9. The van der Waals surface area contributed by atoms with Crippen LogP contribution in [0.2, 0.25) is 0 Å². The van der Waals surface area contributed by atoms with E-state index in [1.165, 1.54) is 5.56 Å². The van der Waals surface area contributed by atoms with Gasteiger partial charge in [-0.1, -0.05) is 47.6 Å². The highest BCUT2D eigenvalue weighted by atomic mass is 31.1. The van der Waals surface area contributed by atoms with Crippen LogP contribution in [-0.2, 0) is 10.2 Å². The summed E-state index contributed by atoms with van der Waals surface area (Å²) in [7, 11) is 1.80. The number of halogens is 1. The second-order valence-electron chi connectivity index (χ2n) is 7.08. The molecule has 0 bridgehead atoms. The van der Waals surface area contributed by atoms with Gasteiger partial charge in [0.15, 0.2) is 6.79 Å². The molecule has 0 amide bonds. The number of methoxy groups -OCH3 is 1. The van der Waals surface area contributed by atoms with Gasteiger partial charge in [-0.05, 0) is 48.1 Å². The molecule has 0 aliphatic rings. The van der Waals surface area contributed by atoms with Crippen molar-refractivity contribution in [2.75, 3.05) is 13.9 Å². The van der Waals surface area contributed by atoms with Crippen molar-refractivity contribution in [3.8, 4) is 5.75 Å². The first-order valence-corrected chi connectivity index (χ1v) is 9.02. The van der Waals surface area contributed by atoms with E-state index in [0.29, 0.717) is 5.30 Å². The molecule has 4 heteroatoms. The molecular formula is C20H26FO2P. The van der Waals surface area contributed by atoms with Crippen molar-refractivity contribution in [3.05, 3.63) is 52.8 Å². The van der Waals surface area contributed by atoms with Crippen LogP contribution in [0, 0.1) is 19.7 Å². The van der Waals surface area contributed by atoms with E-state index in [1.807, 2.05) is 26.0 Å². The molecule has 2 aromatic rings. The molecule has 130 valence electrons. The maximum atomic E-state index is 14.3. The van der Waals surface area contributed by atoms with Gasteiger partial charge in [-0.2, -0.15) is 0 Å². The monoisotopic (exact) mass is 348 g/mol. The first-order chi connectivity index (χ1) is 11.2. The molecule has 0 aromatic heterocycles. The van der Waals surface area contributed by atoms with Gasteiger partial charge in [0.25, 0.3) is 0 Å². The minimum atomic E-state index is -0.162. The number of rotatable bonds is 5. The largest absolute Gasteiger partial charge is 0.467 e. The van der Waals surface area contributed by atoms with Gasteiger partial charge in [0, 0.05) is 17.7 Å². The maximum Gasteiger partial charge on any atom is 0.188 e. The van der Waals surface area contributed by atoms with Crippen molar-refractivity contribution in [1.29, 1.82) is 0 Å². The summed E-state index contributed by atoms with van der Waals surface area (Å²) in [6.45, 7) is 10.6. The summed E-state index contributed by atoms with van der Waals surface area (Å²) in [5, 5.41) is 1.72. The topological polar surface area (TPSA) is 18.5 Å². The van der Waals surface area contributed by atoms with Crippen LogP contribution in [0.5, 0.6) is 5.75 Å². The molecule has 1 unspecified atom stereocenters. The molecule has 0 fully saturated rings. The van der Waals surface area contributed by atoms with E-state index >= 15 is 0 Å². The first-order valence-electron chi connectivity index (χ1n) is 8.02. The molecule has 0 saturated heterocycles. The van der Waals surface area contributed by atoms with Crippen LogP contribution in [0.3, 0.4) is 0 Å². The summed E-state index contributed by atoms with van der Waals surface area (Å²) in [5.74, 6) is 0.632. The minimum absolute atomic E-state index is 0.0234. The zero-order chi connectivity index (χ0) is 17.9. The quantitative estimate of drug-likeness (QED) is 0.591. The van der Waals surface area contributed by atoms with Crippen molar-refractivity contribution in [2.24, 2.45) is 0 Å². The highest BCUT2D eigenvalue weighted by Crippen LogP contribution is 2.31. The second kappa shape index (κ2) is 7.63. The normalized spacial score (nSPS) is 12.1. The highest BCUT2D eigenvalue weighted by Gasteiger charge is 2.19. The molecule has 0 saturated carbocycles. The smallest absolute Gasteiger partial charge is 0.188 e. The second-order valence-corrected chi connectivity index (χ2v) is 8.41. The Hall–Kier alpha value is -1.44. The Morgan fingerprint density at radius 2 is 1.75 bits per heavy atom. The zero-order valence-corrected chi connectivity index (χ0v) is 16.3. The van der Waals surface area contributed by atoms with Crippen LogP contribution in [0.1, 0.15) is 37.5 Å². The Bertz CT molecular complexity index is 720. The van der Waals surface area contributed by atoms with Gasteiger partial charge < -0.3 is 9.47 Å². The van der Waals surface area contributed by atoms with Crippen molar-refractivity contribution < 1.29 is 13.9 Å². The van der Waals surface area contributed by atoms with Crippen molar-refractivity contribution in [1.82, 2.24) is 0 Å². The standard InChI is InChI=1S/C20H26FO2P/c1-13-7-8-17(16(21)9-13)24-18-11-15(20(3,4)5)10-14(2)19(18)23-12-22-6/h7-11,24H,12H2,1-6H3. The molecule has 0 N–H and O–H groups in total. The molecule has 0 radical (unpaired) electrons. The highest BCUT2D eigenvalue weighted by molar-refractivity contribution is 7.55. The number of hydrogen-bond donors (Lipinski definition) is 0. The third-order valence-corrected chi connectivity index (χ3v) is 5.17. The predicted molar refractivity (Wildman–Crippen MR) is 101 cm³/mol. The summed E-state index contributed by atoms with van der Waals surface area (Å²) >= 11 is 0. The summed E-state index contributed by atoms with van der Waals surface area (Å²) in [4.78, 5) is 0. The van der Waals surface area contributed by atoms with Gasteiger partial charge in [-0.15, -0.1) is 0 Å². The molecule has 0 aliphatic heterocycles. The van der Waals surface area contributed by atoms with Crippen LogP contribution in [0.15, 0.2) is 30.3 Å². The Balaban J connectivity index is 2.49. The van der Waals surface area contributed by atoms with Gasteiger partial charge in [0.2, 0.25) is 0 Å². The molecule has 24 heavy (non-hydrogen) atoms. The fourth-order valence-electron chi connectivity index (χ4n) is 2.48. The van der Waals surface area contributed by atoms with E-state index < -0.39 is 0 Å². The van der Waals surface area contributed by atoms with E-state index in [-0.39, 0.29) is 26.6 Å². The molecule has 0 heterocycles. The van der Waals surface area contributed by atoms with Gasteiger partial charge >= 0.3 is 0 Å². The Morgan fingerprint density at radius 3 is 2.33 bits per heavy atom. The fourth-order valence-corrected chi connectivity index (χ4v) is 3.73. The van der Waals surface area contributed by atoms with Gasteiger partial charge in [0.1, 0.15) is 11.6 Å². The van der Waals surface area contributed by atoms with Crippen molar-refractivity contribution in [3.63, 3.8) is 0 Å². The molecule has 1 atom stereocenters. The van der Waals surface area contributed by atoms with Gasteiger partial charge in [-0.25, -0.2) is 4.39 Å². The molecular weight excluding hydrogens is 322 g/mol. The number of hydrogen-bond acceptors (Lipinski definition) is 2. The SMILES string of the molecule is COCOc1c(C)cc(C(C)(C)C)cc1Pc1ccc(C)cc1F. The predicted octanol–water partition coefficient (Wildman–Crippen LogP) is 4.35. The van der Waals surface area contributed by atoms with Crippen molar-refractivity contribution >= 4 is 19.2 Å². The summed E-state index contributed by atoms with van der Waals surface area (Å²) in [5.41, 5.74) is 3.22.